The maximum Gasteiger partial charge on any atom is 0.0456 e. The topological polar surface area (TPSA) is 0 Å². The second kappa shape index (κ2) is 37.3. The van der Waals surface area contributed by atoms with Crippen molar-refractivity contribution in [2.75, 3.05) is 0 Å². The van der Waals surface area contributed by atoms with E-state index in [1.54, 1.807) is 43.4 Å². The second-order valence-electron chi connectivity index (χ2n) is 32.0. The van der Waals surface area contributed by atoms with Crippen molar-refractivity contribution >= 4 is 257 Å². The third-order valence-electron chi connectivity index (χ3n) is 23.4. The zero-order chi connectivity index (χ0) is 73.5. The molecule has 0 saturated carbocycles. The first kappa shape index (κ1) is 78.3. The molecule has 0 radical (unpaired) electrons. The van der Waals surface area contributed by atoms with Gasteiger partial charge in [-0.1, -0.05) is 234 Å². The first-order valence-corrected chi connectivity index (χ1v) is 52.7. The summed E-state index contributed by atoms with van der Waals surface area (Å²) in [5.41, 5.74) is 0. The predicted octanol–water partition coefficient (Wildman–Crippen LogP) is 38.7. The Morgan fingerprint density at radius 2 is 0.259 bits per heavy atom. The van der Waals surface area contributed by atoms with Gasteiger partial charge in [0.25, 0.3) is 0 Å². The number of hydrogen-bond acceptors (Lipinski definition) is 12. The monoisotopic (exact) mass is 1650 g/mol. The van der Waals surface area contributed by atoms with Crippen molar-refractivity contribution in [1.82, 2.24) is 0 Å². The molecule has 0 aliphatic carbocycles. The summed E-state index contributed by atoms with van der Waals surface area (Å²) >= 11 is 25.3. The van der Waals surface area contributed by atoms with Crippen LogP contribution in [0.15, 0.2) is 72.8 Å². The highest BCUT2D eigenvalue weighted by atomic mass is 32.1. The van der Waals surface area contributed by atoms with Crippen LogP contribution in [0.25, 0.3) is 150 Å². The Morgan fingerprint density at radius 1 is 0.139 bits per heavy atom. The second-order valence-corrected chi connectivity index (χ2v) is 45.1. The van der Waals surface area contributed by atoms with Crippen molar-refractivity contribution in [2.45, 2.75) is 311 Å². The Kier molecular flexibility index (Phi) is 27.1. The summed E-state index contributed by atoms with van der Waals surface area (Å²) in [4.78, 5) is 18.1. The SMILES string of the molecule is CCCCCCCCc1cc2c(s1)c1cc(CCCCCCCC)sc1c1cc(-c3cc4c(s3)c3cc(-c5cc6c7sc(CCCCCCCC)cc7c7sc(CCCCCCCC)cc7c6s5)sc3c3cc(-c5cc6c7sc(CCCCCCCC)cc7c7sc(CCCCCCCC)cc7c6s5)sc43)sc21. The number of fused-ring (bicyclic) bond motifs is 24. The molecule has 0 saturated heterocycles. The Morgan fingerprint density at radius 3 is 0.407 bits per heavy atom. The van der Waals surface area contributed by atoms with Gasteiger partial charge < -0.3 is 0 Å². The third-order valence-corrected chi connectivity index (χ3v) is 38.4. The number of unbranched alkanes of at least 4 members (excludes halogenated alkanes) is 30. The number of benzene rings is 4. The lowest BCUT2D eigenvalue weighted by Crippen LogP contribution is -1.82. The van der Waals surface area contributed by atoms with E-state index >= 15 is 0 Å². The molecule has 12 heterocycles. The van der Waals surface area contributed by atoms with E-state index in [1.165, 1.54) is 406 Å². The van der Waals surface area contributed by atoms with Crippen LogP contribution >= 0.6 is 136 Å². The maximum atomic E-state index is 2.67. The summed E-state index contributed by atoms with van der Waals surface area (Å²) in [6.45, 7) is 14.0. The van der Waals surface area contributed by atoms with Crippen LogP contribution in [0.4, 0.5) is 0 Å². The van der Waals surface area contributed by atoms with Crippen LogP contribution in [-0.2, 0) is 38.5 Å². The Labute approximate surface area is 692 Å². The van der Waals surface area contributed by atoms with Crippen LogP contribution in [0.2, 0.25) is 0 Å². The molecule has 0 aliphatic rings. The lowest BCUT2D eigenvalue weighted by Gasteiger charge is -1.99. The van der Waals surface area contributed by atoms with Crippen molar-refractivity contribution in [3.05, 3.63) is 102 Å². The van der Waals surface area contributed by atoms with Gasteiger partial charge >= 0.3 is 0 Å². The molecule has 0 spiro atoms. The molecule has 0 fully saturated rings. The number of rotatable bonds is 45. The Bertz CT molecular complexity index is 4750. The molecule has 0 bridgehead atoms. The number of hydrogen-bond donors (Lipinski definition) is 0. The third kappa shape index (κ3) is 17.1. The average molecular weight is 1650 g/mol. The molecule has 16 aromatic rings. The zero-order valence-corrected chi connectivity index (χ0v) is 75.3. The summed E-state index contributed by atoms with van der Waals surface area (Å²) < 4.78 is 18.2. The maximum absolute atomic E-state index is 2.67. The van der Waals surface area contributed by atoms with Crippen molar-refractivity contribution < 1.29 is 0 Å². The molecule has 570 valence electrons. The summed E-state index contributed by atoms with van der Waals surface area (Å²) in [6, 6.07) is 31.9. The van der Waals surface area contributed by atoms with Crippen molar-refractivity contribution in [3.63, 3.8) is 0 Å². The van der Waals surface area contributed by atoms with E-state index in [0.717, 1.165) is 0 Å². The van der Waals surface area contributed by atoms with Gasteiger partial charge in [0.15, 0.2) is 0 Å². The quantitative estimate of drug-likeness (QED) is 0.0334. The molecule has 4 aromatic carbocycles. The fraction of sp³-hybridized carbons (Fsp3) is 0.500. The fourth-order valence-corrected chi connectivity index (χ4v) is 32.8. The smallest absolute Gasteiger partial charge is 0.0456 e. The largest absolute Gasteiger partial charge is 0.140 e. The van der Waals surface area contributed by atoms with E-state index in [-0.39, 0.29) is 0 Å². The van der Waals surface area contributed by atoms with Crippen molar-refractivity contribution in [3.8, 4) is 29.3 Å². The number of aryl methyl sites for hydroxylation is 6. The fourth-order valence-electron chi connectivity index (χ4n) is 17.4. The van der Waals surface area contributed by atoms with E-state index in [4.69, 9.17) is 0 Å². The summed E-state index contributed by atoms with van der Waals surface area (Å²) in [5, 5.41) is 17.9. The molecule has 0 atom stereocenters. The van der Waals surface area contributed by atoms with Crippen LogP contribution in [0, 0.1) is 0 Å². The van der Waals surface area contributed by atoms with Gasteiger partial charge in [0.2, 0.25) is 0 Å². The first-order valence-electron chi connectivity index (χ1n) is 42.9. The molecule has 0 N–H and O–H groups in total. The van der Waals surface area contributed by atoms with Gasteiger partial charge in [0.1, 0.15) is 0 Å². The van der Waals surface area contributed by atoms with Crippen molar-refractivity contribution in [1.29, 1.82) is 0 Å². The summed E-state index contributed by atoms with van der Waals surface area (Å²) in [5.74, 6) is 0. The summed E-state index contributed by atoms with van der Waals surface area (Å²) in [6.07, 6.45) is 55.6. The highest BCUT2D eigenvalue weighted by Gasteiger charge is 2.27. The number of thiophene rings is 12. The molecule has 12 aromatic heterocycles. The van der Waals surface area contributed by atoms with Crippen molar-refractivity contribution in [2.24, 2.45) is 0 Å². The van der Waals surface area contributed by atoms with E-state index < -0.39 is 0 Å². The van der Waals surface area contributed by atoms with Crippen LogP contribution in [-0.4, -0.2) is 0 Å². The highest BCUT2D eigenvalue weighted by Crippen LogP contribution is 2.58. The summed E-state index contributed by atoms with van der Waals surface area (Å²) in [7, 11) is 0. The zero-order valence-electron chi connectivity index (χ0n) is 65.5. The lowest BCUT2D eigenvalue weighted by atomic mass is 10.1. The minimum atomic E-state index is 1.20. The molecular formula is C96H114S12. The van der Waals surface area contributed by atoms with Crippen LogP contribution < -0.4 is 0 Å². The highest BCUT2D eigenvalue weighted by molar-refractivity contribution is 7.35. The Hall–Kier alpha value is -3.60. The van der Waals surface area contributed by atoms with Gasteiger partial charge in [-0.25, -0.2) is 0 Å². The van der Waals surface area contributed by atoms with E-state index in [0.29, 0.717) is 0 Å². The molecule has 0 nitrogen and oxygen atoms in total. The molecule has 0 unspecified atom stereocenters. The van der Waals surface area contributed by atoms with E-state index in [2.05, 4.69) is 250 Å². The van der Waals surface area contributed by atoms with E-state index in [9.17, 15) is 0 Å². The normalized spacial score (nSPS) is 12.6. The Balaban J connectivity index is 0.833. The predicted molar refractivity (Wildman–Crippen MR) is 510 cm³/mol. The molecule has 0 amide bonds. The van der Waals surface area contributed by atoms with Gasteiger partial charge in [0.05, 0.1) is 0 Å². The van der Waals surface area contributed by atoms with Gasteiger partial charge in [0, 0.05) is 180 Å². The van der Waals surface area contributed by atoms with Crippen LogP contribution in [0.1, 0.15) is 302 Å². The van der Waals surface area contributed by atoms with Crippen LogP contribution in [0.5, 0.6) is 0 Å². The molecule has 12 heteroatoms. The minimum absolute atomic E-state index is 1.20. The van der Waals surface area contributed by atoms with Gasteiger partial charge in [-0.05, 0) is 150 Å². The van der Waals surface area contributed by atoms with Gasteiger partial charge in [-0.2, -0.15) is 0 Å². The van der Waals surface area contributed by atoms with Gasteiger partial charge in [-0.15, -0.1) is 136 Å². The molecular weight excluding hydrogens is 1540 g/mol. The molecule has 108 heavy (non-hydrogen) atoms. The molecule has 16 rings (SSSR count). The molecule has 0 aliphatic heterocycles. The average Bonchev–Trinajstić information content (AvgIpc) is 1.56. The van der Waals surface area contributed by atoms with Crippen LogP contribution in [0.3, 0.4) is 0 Å². The first-order chi connectivity index (χ1) is 53.3. The lowest BCUT2D eigenvalue weighted by molar-refractivity contribution is 0.609. The van der Waals surface area contributed by atoms with Gasteiger partial charge in [-0.3, -0.25) is 0 Å². The van der Waals surface area contributed by atoms with E-state index in [1.807, 2.05) is 0 Å². The minimum Gasteiger partial charge on any atom is -0.140 e. The standard InChI is InChI=1S/C96H114S12/c1-7-13-19-25-31-37-43-61-49-67-85-70(52-64(97-85)46-40-34-28-22-16-10-4)91-73(88(67)100-61)55-79(103-91)82-58-76-94(106-82)77-59-83(80-56-74-89-68(50-62(101-89)44-38-32-26-20-14-8-2)86-71(92(74)104-80)53-65(98-86)47-41-35-29-23-17-11-5)108-96(77)78-60-84(107-95(76)78)81-57-75-90-69(51-63(102-90)45-39-33-27-21-15-9-3)87-72(93(75)105-81)54-66(99-87)48-42-36-30-24-18-12-6/h49-60H,7-48H2,1-6H3.